The minimum atomic E-state index is -4.62. The molecule has 0 saturated heterocycles. The molecule has 0 amide bonds. The van der Waals surface area contributed by atoms with Gasteiger partial charge < -0.3 is 0 Å². The van der Waals surface area contributed by atoms with Crippen LogP contribution in [0.25, 0.3) is 0 Å². The molecule has 2 rings (SSSR count). The number of H-pyrrole nitrogens is 1. The van der Waals surface area contributed by atoms with Crippen LogP contribution in [0.3, 0.4) is 0 Å². The average Bonchev–Trinajstić information content (AvgIpc) is 2.51. The van der Waals surface area contributed by atoms with Crippen molar-refractivity contribution in [2.75, 3.05) is 0 Å². The van der Waals surface area contributed by atoms with Gasteiger partial charge in [0.1, 0.15) is 4.60 Å². The van der Waals surface area contributed by atoms with Crippen molar-refractivity contribution in [1.82, 2.24) is 9.78 Å². The molecule has 0 atom stereocenters. The lowest BCUT2D eigenvalue weighted by Gasteiger charge is -2.15. The lowest BCUT2D eigenvalue weighted by atomic mass is 10.0. The highest BCUT2D eigenvalue weighted by Crippen LogP contribution is 2.33. The first-order valence-electron chi connectivity index (χ1n) is 6.45. The van der Waals surface area contributed by atoms with Crippen molar-refractivity contribution in [3.63, 3.8) is 0 Å². The summed E-state index contributed by atoms with van der Waals surface area (Å²) in [4.78, 5) is 11.4. The van der Waals surface area contributed by atoms with E-state index < -0.39 is 17.3 Å². The van der Waals surface area contributed by atoms with Gasteiger partial charge in [0.25, 0.3) is 5.56 Å². The molecular formula is C12H16BrF3N2O. The number of aromatic nitrogens is 2. The Morgan fingerprint density at radius 2 is 1.79 bits per heavy atom. The summed E-state index contributed by atoms with van der Waals surface area (Å²) in [7, 11) is 0. The van der Waals surface area contributed by atoms with Crippen LogP contribution in [0.1, 0.15) is 44.1 Å². The van der Waals surface area contributed by atoms with Crippen LogP contribution in [0, 0.1) is 5.92 Å². The summed E-state index contributed by atoms with van der Waals surface area (Å²) in [6, 6.07) is 0. The largest absolute Gasteiger partial charge is 0.424 e. The van der Waals surface area contributed by atoms with Crippen molar-refractivity contribution in [1.29, 1.82) is 0 Å². The van der Waals surface area contributed by atoms with Crippen LogP contribution in [0.15, 0.2) is 9.40 Å². The van der Waals surface area contributed by atoms with Gasteiger partial charge in [-0.15, -0.1) is 0 Å². The van der Waals surface area contributed by atoms with Crippen molar-refractivity contribution in [3.05, 3.63) is 20.5 Å². The van der Waals surface area contributed by atoms with Gasteiger partial charge >= 0.3 is 6.18 Å². The highest BCUT2D eigenvalue weighted by atomic mass is 79.9. The van der Waals surface area contributed by atoms with Gasteiger partial charge in [-0.2, -0.15) is 13.2 Å². The Kier molecular flexibility index (Phi) is 4.43. The summed E-state index contributed by atoms with van der Waals surface area (Å²) >= 11 is 2.90. The monoisotopic (exact) mass is 340 g/mol. The van der Waals surface area contributed by atoms with Crippen molar-refractivity contribution in [2.24, 2.45) is 5.92 Å². The Bertz CT molecular complexity index is 484. The number of alkyl halides is 3. The molecule has 19 heavy (non-hydrogen) atoms. The minimum absolute atomic E-state index is 0.186. The SMILES string of the molecule is O=c1[nH]n(CC2CCCCCC2)c(Br)c1C(F)(F)F. The van der Waals surface area contributed by atoms with Crippen molar-refractivity contribution in [2.45, 2.75) is 51.2 Å². The Hall–Kier alpha value is -0.720. The van der Waals surface area contributed by atoms with Gasteiger partial charge in [-0.3, -0.25) is 14.6 Å². The van der Waals surface area contributed by atoms with Crippen LogP contribution in [0.5, 0.6) is 0 Å². The van der Waals surface area contributed by atoms with Crippen LogP contribution >= 0.6 is 15.9 Å². The van der Waals surface area contributed by atoms with E-state index in [-0.39, 0.29) is 4.60 Å². The van der Waals surface area contributed by atoms with Gasteiger partial charge in [0, 0.05) is 6.54 Å². The molecule has 1 N–H and O–H groups in total. The first-order chi connectivity index (χ1) is 8.89. The Morgan fingerprint density at radius 3 is 2.26 bits per heavy atom. The molecule has 3 nitrogen and oxygen atoms in total. The van der Waals surface area contributed by atoms with Crippen molar-refractivity contribution < 1.29 is 13.2 Å². The molecule has 1 fully saturated rings. The van der Waals surface area contributed by atoms with E-state index in [0.717, 1.165) is 25.7 Å². The topological polar surface area (TPSA) is 37.8 Å². The zero-order valence-electron chi connectivity index (χ0n) is 10.4. The van der Waals surface area contributed by atoms with Gasteiger partial charge in [0.2, 0.25) is 0 Å². The zero-order chi connectivity index (χ0) is 14.0. The molecule has 7 heteroatoms. The summed E-state index contributed by atoms with van der Waals surface area (Å²) < 4.78 is 39.2. The van der Waals surface area contributed by atoms with Crippen LogP contribution in [0.4, 0.5) is 13.2 Å². The fraction of sp³-hybridized carbons (Fsp3) is 0.750. The number of hydrogen-bond donors (Lipinski definition) is 1. The maximum Gasteiger partial charge on any atom is 0.424 e. The first-order valence-corrected chi connectivity index (χ1v) is 7.24. The smallest absolute Gasteiger partial charge is 0.277 e. The van der Waals surface area contributed by atoms with Crippen LogP contribution < -0.4 is 5.56 Å². The molecule has 1 aromatic rings. The van der Waals surface area contributed by atoms with E-state index in [0.29, 0.717) is 12.5 Å². The molecule has 0 spiro atoms. The van der Waals surface area contributed by atoms with Gasteiger partial charge in [-0.05, 0) is 34.7 Å². The van der Waals surface area contributed by atoms with E-state index in [1.54, 1.807) is 0 Å². The summed E-state index contributed by atoms with van der Waals surface area (Å²) in [6.45, 7) is 0.436. The molecule has 0 aromatic carbocycles. The lowest BCUT2D eigenvalue weighted by molar-refractivity contribution is -0.139. The molecule has 0 radical (unpaired) electrons. The molecule has 0 bridgehead atoms. The van der Waals surface area contributed by atoms with Gasteiger partial charge in [0.15, 0.2) is 5.56 Å². The predicted octanol–water partition coefficient (Wildman–Crippen LogP) is 3.93. The standard InChI is InChI=1S/C12H16BrF3N2O/c13-10-9(12(14,15)16)11(19)17-18(10)7-8-5-3-1-2-4-6-8/h8H,1-7H2,(H,17,19). The first kappa shape index (κ1) is 14.7. The van der Waals surface area contributed by atoms with Crippen LogP contribution in [-0.2, 0) is 12.7 Å². The van der Waals surface area contributed by atoms with Crippen molar-refractivity contribution in [3.8, 4) is 0 Å². The Morgan fingerprint density at radius 1 is 1.21 bits per heavy atom. The normalized spacial score (nSPS) is 18.5. The third-order valence-corrected chi connectivity index (χ3v) is 4.43. The van der Waals surface area contributed by atoms with Gasteiger partial charge in [-0.25, -0.2) is 0 Å². The maximum absolute atomic E-state index is 12.7. The summed E-state index contributed by atoms with van der Waals surface area (Å²) in [6.07, 6.45) is 1.99. The summed E-state index contributed by atoms with van der Waals surface area (Å²) in [5.74, 6) is 0.336. The van der Waals surface area contributed by atoms with Crippen LogP contribution in [-0.4, -0.2) is 9.78 Å². The lowest BCUT2D eigenvalue weighted by Crippen LogP contribution is -2.17. The van der Waals surface area contributed by atoms with Gasteiger partial charge in [-0.1, -0.05) is 25.7 Å². The molecule has 1 aliphatic carbocycles. The molecule has 1 heterocycles. The highest BCUT2D eigenvalue weighted by Gasteiger charge is 2.39. The number of nitrogens with zero attached hydrogens (tertiary/aromatic N) is 1. The molecule has 1 aromatic heterocycles. The average molecular weight is 341 g/mol. The highest BCUT2D eigenvalue weighted by molar-refractivity contribution is 9.10. The Labute approximate surface area is 117 Å². The number of rotatable bonds is 2. The second kappa shape index (κ2) is 5.73. The van der Waals surface area contributed by atoms with Crippen LogP contribution in [0.2, 0.25) is 0 Å². The van der Waals surface area contributed by atoms with E-state index in [2.05, 4.69) is 21.0 Å². The molecule has 0 aliphatic heterocycles. The third-order valence-electron chi connectivity index (χ3n) is 3.61. The maximum atomic E-state index is 12.7. The quantitative estimate of drug-likeness (QED) is 0.814. The predicted molar refractivity (Wildman–Crippen MR) is 68.9 cm³/mol. The number of halogens is 4. The van der Waals surface area contributed by atoms with E-state index in [1.165, 1.54) is 17.5 Å². The Balaban J connectivity index is 2.19. The van der Waals surface area contributed by atoms with E-state index in [9.17, 15) is 18.0 Å². The van der Waals surface area contributed by atoms with E-state index in [1.807, 2.05) is 0 Å². The van der Waals surface area contributed by atoms with E-state index in [4.69, 9.17) is 0 Å². The number of hydrogen-bond acceptors (Lipinski definition) is 1. The summed E-state index contributed by atoms with van der Waals surface area (Å²) in [5.41, 5.74) is -2.21. The van der Waals surface area contributed by atoms with Crippen molar-refractivity contribution >= 4 is 15.9 Å². The molecule has 0 unspecified atom stereocenters. The van der Waals surface area contributed by atoms with Gasteiger partial charge in [0.05, 0.1) is 0 Å². The van der Waals surface area contributed by atoms with E-state index >= 15 is 0 Å². The fourth-order valence-corrected chi connectivity index (χ4v) is 3.27. The number of nitrogens with one attached hydrogen (secondary N) is 1. The molecule has 1 saturated carbocycles. The summed E-state index contributed by atoms with van der Waals surface area (Å²) in [5, 5.41) is 2.28. The molecule has 1 aliphatic rings. The second-order valence-corrected chi connectivity index (χ2v) is 5.82. The molecule has 108 valence electrons. The third kappa shape index (κ3) is 3.43. The second-order valence-electron chi connectivity index (χ2n) is 5.07. The number of aromatic amines is 1. The fourth-order valence-electron chi connectivity index (χ4n) is 2.63. The minimum Gasteiger partial charge on any atom is -0.277 e. The molecular weight excluding hydrogens is 325 g/mol. The zero-order valence-corrected chi connectivity index (χ0v) is 12.0.